The van der Waals surface area contributed by atoms with E-state index in [0.29, 0.717) is 12.8 Å². The van der Waals surface area contributed by atoms with Crippen molar-refractivity contribution in [2.75, 3.05) is 5.32 Å². The summed E-state index contributed by atoms with van der Waals surface area (Å²) >= 11 is 1.30. The van der Waals surface area contributed by atoms with Gasteiger partial charge >= 0.3 is 0 Å². The summed E-state index contributed by atoms with van der Waals surface area (Å²) in [7, 11) is 0. The quantitative estimate of drug-likeness (QED) is 0.244. The van der Waals surface area contributed by atoms with Crippen molar-refractivity contribution in [3.05, 3.63) is 23.9 Å². The number of aliphatic hydroxyl groups excluding tert-OH is 3. The number of carbonyl (C=O) groups excluding carboxylic acids is 1. The molecular weight excluding hydrogens is 412 g/mol. The molecule has 1 aromatic heterocycles. The third kappa shape index (κ3) is 9.39. The second kappa shape index (κ2) is 14.0. The van der Waals surface area contributed by atoms with E-state index >= 15 is 0 Å². The predicted molar refractivity (Wildman–Crippen MR) is 126 cm³/mol. The monoisotopic (exact) mass is 452 g/mol. The van der Waals surface area contributed by atoms with Crippen LogP contribution in [0.1, 0.15) is 83.2 Å². The molecule has 1 fully saturated rings. The van der Waals surface area contributed by atoms with Gasteiger partial charge in [-0.25, -0.2) is 0 Å². The van der Waals surface area contributed by atoms with Crippen molar-refractivity contribution in [3.63, 3.8) is 0 Å². The lowest BCUT2D eigenvalue weighted by molar-refractivity contribution is -0.116. The van der Waals surface area contributed by atoms with Gasteiger partial charge in [0.05, 0.1) is 24.0 Å². The minimum absolute atomic E-state index is 0.0284. The Bertz CT molecular complexity index is 678. The maximum Gasteiger partial charge on any atom is 0.225 e. The van der Waals surface area contributed by atoms with E-state index in [9.17, 15) is 20.1 Å². The molecule has 2 rings (SSSR count). The van der Waals surface area contributed by atoms with E-state index < -0.39 is 18.3 Å². The topological polar surface area (TPSA) is 103 Å². The van der Waals surface area contributed by atoms with Crippen molar-refractivity contribution in [1.29, 1.82) is 0 Å². The summed E-state index contributed by atoms with van der Waals surface area (Å²) in [6, 6.07) is 1.87. The maximum atomic E-state index is 12.0. The van der Waals surface area contributed by atoms with Gasteiger partial charge in [-0.05, 0) is 49.7 Å². The molecule has 4 N–H and O–H groups in total. The summed E-state index contributed by atoms with van der Waals surface area (Å²) in [6.45, 7) is 4.05. The highest BCUT2D eigenvalue weighted by Crippen LogP contribution is 2.37. The Balaban J connectivity index is 1.65. The number of rotatable bonds is 14. The average molecular weight is 453 g/mol. The van der Waals surface area contributed by atoms with E-state index in [-0.39, 0.29) is 17.7 Å². The summed E-state index contributed by atoms with van der Waals surface area (Å²) in [5.41, 5.74) is 0.915. The smallest absolute Gasteiger partial charge is 0.225 e. The van der Waals surface area contributed by atoms with Crippen LogP contribution < -0.4 is 5.32 Å². The Morgan fingerprint density at radius 2 is 2.00 bits per heavy atom. The second-order valence-corrected chi connectivity index (χ2v) is 9.70. The summed E-state index contributed by atoms with van der Waals surface area (Å²) < 4.78 is 4.15. The Kier molecular flexibility index (Phi) is 11.7. The van der Waals surface area contributed by atoms with Crippen LogP contribution in [0, 0.1) is 18.8 Å². The van der Waals surface area contributed by atoms with Gasteiger partial charge in [0.2, 0.25) is 5.91 Å². The number of amides is 1. The van der Waals surface area contributed by atoms with Crippen LogP contribution >= 0.6 is 11.5 Å². The number of nitrogens with zero attached hydrogens (tertiary/aromatic N) is 1. The molecule has 7 heteroatoms. The molecule has 0 aromatic carbocycles. The molecule has 0 bridgehead atoms. The lowest BCUT2D eigenvalue weighted by atomic mass is 9.88. The van der Waals surface area contributed by atoms with E-state index in [1.54, 1.807) is 6.08 Å². The number of nitrogens with one attached hydrogen (secondary N) is 1. The number of anilines is 1. The molecule has 1 amide bonds. The van der Waals surface area contributed by atoms with Crippen LogP contribution in [0.5, 0.6) is 0 Å². The third-order valence-corrected chi connectivity index (χ3v) is 6.95. The van der Waals surface area contributed by atoms with Gasteiger partial charge in [-0.1, -0.05) is 57.6 Å². The van der Waals surface area contributed by atoms with E-state index in [1.807, 2.05) is 19.1 Å². The first kappa shape index (κ1) is 26.0. The van der Waals surface area contributed by atoms with Crippen molar-refractivity contribution in [2.45, 2.75) is 103 Å². The predicted octanol–water partition coefficient (Wildman–Crippen LogP) is 4.59. The summed E-state index contributed by atoms with van der Waals surface area (Å²) in [5.74, 6) is -0.0305. The van der Waals surface area contributed by atoms with Crippen LogP contribution in [-0.4, -0.2) is 43.9 Å². The van der Waals surface area contributed by atoms with Gasteiger partial charge in [-0.3, -0.25) is 4.79 Å². The Hall–Kier alpha value is -1.28. The van der Waals surface area contributed by atoms with Crippen LogP contribution in [0.25, 0.3) is 0 Å². The van der Waals surface area contributed by atoms with Crippen molar-refractivity contribution in [1.82, 2.24) is 4.37 Å². The summed E-state index contributed by atoms with van der Waals surface area (Å²) in [4.78, 5) is 12.0. The Morgan fingerprint density at radius 3 is 2.71 bits per heavy atom. The molecule has 1 heterocycles. The number of unbranched alkanes of at least 4 members (excludes halogenated alkanes) is 5. The zero-order chi connectivity index (χ0) is 22.6. The standard InChI is InChI=1S/C24H40N2O4S/c1-3-4-7-10-18(27)13-14-20-19(21(28)16-22(20)29)11-8-5-6-9-12-23(30)25-24-15-17(2)26-31-24/h13-15,18-22,27-29H,3-12,16H2,1-2H3,(H,25,30)/b14-13+/t18-,19?,20+,21-,22+/m0/s1. The first-order chi connectivity index (χ1) is 14.9. The van der Waals surface area contributed by atoms with Gasteiger partial charge < -0.3 is 20.6 Å². The number of carbonyl (C=O) groups is 1. The number of aliphatic hydroxyl groups is 3. The zero-order valence-corrected chi connectivity index (χ0v) is 19.8. The third-order valence-electron chi connectivity index (χ3n) is 6.16. The molecule has 1 aliphatic rings. The number of hydrogen-bond donors (Lipinski definition) is 4. The number of hydrogen-bond acceptors (Lipinski definition) is 6. The van der Waals surface area contributed by atoms with Gasteiger partial charge in [0.25, 0.3) is 0 Å². The normalized spacial score (nSPS) is 24.7. The van der Waals surface area contributed by atoms with Gasteiger partial charge in [0.1, 0.15) is 5.00 Å². The highest BCUT2D eigenvalue weighted by Gasteiger charge is 2.39. The van der Waals surface area contributed by atoms with Crippen molar-refractivity contribution in [3.8, 4) is 0 Å². The molecule has 1 unspecified atom stereocenters. The minimum Gasteiger partial charge on any atom is -0.393 e. The number of aromatic nitrogens is 1. The van der Waals surface area contributed by atoms with E-state index in [2.05, 4.69) is 16.6 Å². The van der Waals surface area contributed by atoms with Crippen LogP contribution in [0.2, 0.25) is 0 Å². The van der Waals surface area contributed by atoms with E-state index in [1.165, 1.54) is 11.5 Å². The molecular formula is C24H40N2O4S. The molecule has 0 spiro atoms. The summed E-state index contributed by atoms with van der Waals surface area (Å²) in [5, 5.41) is 34.5. The zero-order valence-electron chi connectivity index (χ0n) is 19.0. The lowest BCUT2D eigenvalue weighted by Gasteiger charge is -2.21. The van der Waals surface area contributed by atoms with Crippen molar-refractivity contribution < 1.29 is 20.1 Å². The molecule has 5 atom stereocenters. The maximum absolute atomic E-state index is 12.0. The SMILES string of the molecule is CCCCC[C@H](O)/C=C/[C@@H]1C(CCCCCCC(=O)Nc2cc(C)ns2)[C@@H](O)C[C@H]1O. The van der Waals surface area contributed by atoms with Crippen LogP contribution in [0.3, 0.4) is 0 Å². The Labute approximate surface area is 190 Å². The van der Waals surface area contributed by atoms with Gasteiger partial charge in [0, 0.05) is 18.8 Å². The fourth-order valence-corrected chi connectivity index (χ4v) is 5.05. The molecule has 31 heavy (non-hydrogen) atoms. The van der Waals surface area contributed by atoms with Crippen LogP contribution in [0.15, 0.2) is 18.2 Å². The highest BCUT2D eigenvalue weighted by molar-refractivity contribution is 7.10. The largest absolute Gasteiger partial charge is 0.393 e. The average Bonchev–Trinajstić information content (AvgIpc) is 3.24. The van der Waals surface area contributed by atoms with Gasteiger partial charge in [0.15, 0.2) is 0 Å². The molecule has 0 aliphatic heterocycles. The number of aryl methyl sites for hydroxylation is 1. The Morgan fingerprint density at radius 1 is 1.23 bits per heavy atom. The molecule has 0 radical (unpaired) electrons. The first-order valence-electron chi connectivity index (χ1n) is 11.9. The second-order valence-electron chi connectivity index (χ2n) is 8.89. The molecule has 1 aromatic rings. The molecule has 176 valence electrons. The molecule has 1 aliphatic carbocycles. The fraction of sp³-hybridized carbons (Fsp3) is 0.750. The van der Waals surface area contributed by atoms with Gasteiger partial charge in [-0.2, -0.15) is 4.37 Å². The van der Waals surface area contributed by atoms with E-state index in [4.69, 9.17) is 0 Å². The van der Waals surface area contributed by atoms with Crippen molar-refractivity contribution in [2.24, 2.45) is 11.8 Å². The van der Waals surface area contributed by atoms with Crippen LogP contribution in [0.4, 0.5) is 5.00 Å². The van der Waals surface area contributed by atoms with Gasteiger partial charge in [-0.15, -0.1) is 0 Å². The molecule has 1 saturated carbocycles. The van der Waals surface area contributed by atoms with Crippen molar-refractivity contribution >= 4 is 22.4 Å². The highest BCUT2D eigenvalue weighted by atomic mass is 32.1. The minimum atomic E-state index is -0.543. The summed E-state index contributed by atoms with van der Waals surface area (Å²) in [6.07, 6.45) is 11.8. The van der Waals surface area contributed by atoms with Crippen LogP contribution in [-0.2, 0) is 4.79 Å². The lowest BCUT2D eigenvalue weighted by Crippen LogP contribution is -2.21. The molecule has 6 nitrogen and oxygen atoms in total. The first-order valence-corrected chi connectivity index (χ1v) is 12.6. The van der Waals surface area contributed by atoms with E-state index in [0.717, 1.165) is 68.5 Å². The fourth-order valence-electron chi connectivity index (χ4n) is 4.37. The molecule has 0 saturated heterocycles.